The highest BCUT2D eigenvalue weighted by Crippen LogP contribution is 2.19. The Morgan fingerprint density at radius 3 is 2.48 bits per heavy atom. The zero-order valence-electron chi connectivity index (χ0n) is 13.1. The summed E-state index contributed by atoms with van der Waals surface area (Å²) >= 11 is 0. The molecule has 0 saturated carbocycles. The minimum atomic E-state index is -0.935. The van der Waals surface area contributed by atoms with E-state index < -0.39 is 17.9 Å². The van der Waals surface area contributed by atoms with Gasteiger partial charge in [0.1, 0.15) is 6.04 Å². The van der Waals surface area contributed by atoms with Gasteiger partial charge in [-0.3, -0.25) is 9.59 Å². The van der Waals surface area contributed by atoms with Gasteiger partial charge < -0.3 is 20.2 Å². The van der Waals surface area contributed by atoms with E-state index in [1.165, 1.54) is 4.90 Å². The van der Waals surface area contributed by atoms with Crippen LogP contribution in [0.5, 0.6) is 0 Å². The van der Waals surface area contributed by atoms with Crippen molar-refractivity contribution in [3.63, 3.8) is 0 Å². The molecular formula is C14H25N3O4. The van der Waals surface area contributed by atoms with E-state index in [9.17, 15) is 14.4 Å². The standard InChI is InChI=1S/C14H25N3O4/c1-9(2)15-14(21)17-7-5-6-11(17)12(18)16(4)8-10(3)13(19)20/h9-11H,5-8H2,1-4H3,(H,15,21)(H,19,20)/t10?,11-/m0/s1. The predicted octanol–water partition coefficient (Wildman–Crippen LogP) is 0.748. The molecule has 1 aliphatic heterocycles. The van der Waals surface area contributed by atoms with Crippen molar-refractivity contribution in [2.45, 2.75) is 45.7 Å². The highest BCUT2D eigenvalue weighted by molar-refractivity contribution is 5.88. The van der Waals surface area contributed by atoms with Gasteiger partial charge in [0.15, 0.2) is 0 Å². The number of likely N-dealkylation sites (tertiary alicyclic amines) is 1. The lowest BCUT2D eigenvalue weighted by molar-refractivity contribution is -0.143. The number of nitrogens with one attached hydrogen (secondary N) is 1. The van der Waals surface area contributed by atoms with Gasteiger partial charge in [-0.2, -0.15) is 0 Å². The number of aliphatic carboxylic acids is 1. The van der Waals surface area contributed by atoms with Crippen LogP contribution in [0.3, 0.4) is 0 Å². The van der Waals surface area contributed by atoms with Crippen LogP contribution in [0.1, 0.15) is 33.6 Å². The lowest BCUT2D eigenvalue weighted by Crippen LogP contribution is -2.51. The molecular weight excluding hydrogens is 274 g/mol. The minimum absolute atomic E-state index is 0.0126. The van der Waals surface area contributed by atoms with Crippen LogP contribution >= 0.6 is 0 Å². The first-order chi connectivity index (χ1) is 9.73. The number of nitrogens with zero attached hydrogens (tertiary/aromatic N) is 2. The maximum atomic E-state index is 12.4. The van der Waals surface area contributed by atoms with E-state index in [1.807, 2.05) is 13.8 Å². The summed E-state index contributed by atoms with van der Waals surface area (Å²) in [4.78, 5) is 38.3. The van der Waals surface area contributed by atoms with Gasteiger partial charge in [-0.15, -0.1) is 0 Å². The van der Waals surface area contributed by atoms with Crippen molar-refractivity contribution in [2.75, 3.05) is 20.1 Å². The normalized spacial score (nSPS) is 19.5. The van der Waals surface area contributed by atoms with Gasteiger partial charge in [-0.1, -0.05) is 6.92 Å². The Labute approximate surface area is 125 Å². The van der Waals surface area contributed by atoms with Crippen LogP contribution in [0, 0.1) is 5.92 Å². The molecule has 3 amide bonds. The number of carboxylic acid groups (broad SMARTS) is 1. The van der Waals surface area contributed by atoms with Crippen LogP contribution in [0.15, 0.2) is 0 Å². The molecule has 0 radical (unpaired) electrons. The average molecular weight is 299 g/mol. The van der Waals surface area contributed by atoms with Gasteiger partial charge in [-0.25, -0.2) is 4.79 Å². The van der Waals surface area contributed by atoms with E-state index in [-0.39, 0.29) is 24.5 Å². The highest BCUT2D eigenvalue weighted by atomic mass is 16.4. The van der Waals surface area contributed by atoms with Crippen molar-refractivity contribution in [1.82, 2.24) is 15.1 Å². The number of hydrogen-bond donors (Lipinski definition) is 2. The van der Waals surface area contributed by atoms with E-state index in [2.05, 4.69) is 5.32 Å². The van der Waals surface area contributed by atoms with Crippen LogP contribution in [-0.4, -0.2) is 65.0 Å². The van der Waals surface area contributed by atoms with Crippen LogP contribution in [0.2, 0.25) is 0 Å². The quantitative estimate of drug-likeness (QED) is 0.784. The van der Waals surface area contributed by atoms with Crippen LogP contribution in [0.25, 0.3) is 0 Å². The first-order valence-electron chi connectivity index (χ1n) is 7.29. The molecule has 120 valence electrons. The second-order valence-corrected chi connectivity index (χ2v) is 5.91. The van der Waals surface area contributed by atoms with Crippen molar-refractivity contribution in [3.8, 4) is 0 Å². The van der Waals surface area contributed by atoms with Crippen molar-refractivity contribution in [3.05, 3.63) is 0 Å². The van der Waals surface area contributed by atoms with Crippen LogP contribution in [0.4, 0.5) is 4.79 Å². The zero-order valence-corrected chi connectivity index (χ0v) is 13.1. The largest absolute Gasteiger partial charge is 0.481 e. The topological polar surface area (TPSA) is 90.0 Å². The summed E-state index contributed by atoms with van der Waals surface area (Å²) in [5, 5.41) is 11.7. The lowest BCUT2D eigenvalue weighted by atomic mass is 10.1. The number of urea groups is 1. The number of hydrogen-bond acceptors (Lipinski definition) is 3. The smallest absolute Gasteiger partial charge is 0.318 e. The zero-order chi connectivity index (χ0) is 16.2. The van der Waals surface area contributed by atoms with Gasteiger partial charge in [-0.05, 0) is 26.7 Å². The second-order valence-electron chi connectivity index (χ2n) is 5.91. The molecule has 0 aromatic rings. The number of likely N-dealkylation sites (N-methyl/N-ethyl adjacent to an activating group) is 1. The number of rotatable bonds is 5. The van der Waals surface area contributed by atoms with E-state index in [0.29, 0.717) is 13.0 Å². The molecule has 2 atom stereocenters. The van der Waals surface area contributed by atoms with Gasteiger partial charge >= 0.3 is 12.0 Å². The molecule has 0 bridgehead atoms. The fourth-order valence-electron chi connectivity index (χ4n) is 2.43. The Balaban J connectivity index is 2.67. The van der Waals surface area contributed by atoms with Gasteiger partial charge in [0.2, 0.25) is 5.91 Å². The van der Waals surface area contributed by atoms with Gasteiger partial charge in [0, 0.05) is 26.2 Å². The fourth-order valence-corrected chi connectivity index (χ4v) is 2.43. The molecule has 21 heavy (non-hydrogen) atoms. The third-order valence-corrected chi connectivity index (χ3v) is 3.56. The molecule has 0 spiro atoms. The van der Waals surface area contributed by atoms with Crippen molar-refractivity contribution >= 4 is 17.9 Å². The Bertz CT molecular complexity index is 411. The van der Waals surface area contributed by atoms with Gasteiger partial charge in [0.25, 0.3) is 0 Å². The summed E-state index contributed by atoms with van der Waals surface area (Å²) < 4.78 is 0. The first kappa shape index (κ1) is 17.3. The maximum Gasteiger partial charge on any atom is 0.318 e. The van der Waals surface area contributed by atoms with Crippen LogP contribution in [-0.2, 0) is 9.59 Å². The Kier molecular flexibility index (Phi) is 5.99. The van der Waals surface area contributed by atoms with E-state index in [4.69, 9.17) is 5.11 Å². The molecule has 1 saturated heterocycles. The molecule has 0 aromatic heterocycles. The Morgan fingerprint density at radius 1 is 1.33 bits per heavy atom. The van der Waals surface area contributed by atoms with Crippen molar-refractivity contribution in [1.29, 1.82) is 0 Å². The molecule has 1 fully saturated rings. The fraction of sp³-hybridized carbons (Fsp3) is 0.786. The number of carbonyl (C=O) groups is 3. The molecule has 2 N–H and O–H groups in total. The van der Waals surface area contributed by atoms with E-state index in [1.54, 1.807) is 18.9 Å². The third kappa shape index (κ3) is 4.61. The molecule has 0 aromatic carbocycles. The van der Waals surface area contributed by atoms with Crippen LogP contribution < -0.4 is 5.32 Å². The first-order valence-corrected chi connectivity index (χ1v) is 7.29. The monoisotopic (exact) mass is 299 g/mol. The third-order valence-electron chi connectivity index (χ3n) is 3.56. The average Bonchev–Trinajstić information content (AvgIpc) is 2.85. The summed E-state index contributed by atoms with van der Waals surface area (Å²) in [6, 6.07) is -0.714. The summed E-state index contributed by atoms with van der Waals surface area (Å²) in [7, 11) is 1.58. The predicted molar refractivity (Wildman–Crippen MR) is 77.8 cm³/mol. The summed E-state index contributed by atoms with van der Waals surface area (Å²) in [5.41, 5.74) is 0. The number of carbonyl (C=O) groups excluding carboxylic acids is 2. The summed E-state index contributed by atoms with van der Waals surface area (Å²) in [6.45, 7) is 5.99. The van der Waals surface area contributed by atoms with E-state index in [0.717, 1.165) is 6.42 Å². The molecule has 1 heterocycles. The van der Waals surface area contributed by atoms with Crippen molar-refractivity contribution < 1.29 is 19.5 Å². The molecule has 7 nitrogen and oxygen atoms in total. The highest BCUT2D eigenvalue weighted by Gasteiger charge is 2.36. The van der Waals surface area contributed by atoms with E-state index >= 15 is 0 Å². The van der Waals surface area contributed by atoms with Crippen molar-refractivity contribution in [2.24, 2.45) is 5.92 Å². The number of amides is 3. The number of carboxylic acids is 1. The summed E-state index contributed by atoms with van der Waals surface area (Å²) in [5.74, 6) is -1.76. The molecule has 1 rings (SSSR count). The SMILES string of the molecule is CC(C)NC(=O)N1CCC[C@H]1C(=O)N(C)CC(C)C(=O)O. The van der Waals surface area contributed by atoms with Gasteiger partial charge in [0.05, 0.1) is 5.92 Å². The summed E-state index contributed by atoms with van der Waals surface area (Å²) in [6.07, 6.45) is 1.40. The lowest BCUT2D eigenvalue weighted by Gasteiger charge is -2.29. The second kappa shape index (κ2) is 7.28. The Morgan fingerprint density at radius 2 is 1.95 bits per heavy atom. The minimum Gasteiger partial charge on any atom is -0.481 e. The molecule has 1 aliphatic rings. The molecule has 0 aliphatic carbocycles. The molecule has 1 unspecified atom stereocenters. The Hall–Kier alpha value is -1.79. The maximum absolute atomic E-state index is 12.4. The molecule has 7 heteroatoms.